The second-order valence-electron chi connectivity index (χ2n) is 4.58. The van der Waals surface area contributed by atoms with E-state index >= 15 is 0 Å². The van der Waals surface area contributed by atoms with Crippen LogP contribution < -0.4 is 5.32 Å². The lowest BCUT2D eigenvalue weighted by Crippen LogP contribution is -2.20. The molecule has 0 amide bonds. The van der Waals surface area contributed by atoms with Crippen LogP contribution >= 0.6 is 11.3 Å². The number of carbonyl (C=O) groups excluding carboxylic acids is 1. The van der Waals surface area contributed by atoms with Gasteiger partial charge in [0.25, 0.3) is 0 Å². The maximum absolute atomic E-state index is 11.7. The first-order valence-corrected chi connectivity index (χ1v) is 7.31. The number of nitrogens with zero attached hydrogens (tertiary/aromatic N) is 1. The molecule has 0 fully saturated rings. The second kappa shape index (κ2) is 6.63. The molecule has 1 atom stereocenters. The Hall–Kier alpha value is -1.72. The maximum atomic E-state index is 11.7. The minimum absolute atomic E-state index is 0.152. The summed E-state index contributed by atoms with van der Waals surface area (Å²) in [5.41, 5.74) is 2.57. The van der Waals surface area contributed by atoms with Crippen LogP contribution in [0.5, 0.6) is 0 Å². The van der Waals surface area contributed by atoms with Gasteiger partial charge in [-0.05, 0) is 25.5 Å². The molecule has 0 radical (unpaired) electrons. The van der Waals surface area contributed by atoms with Gasteiger partial charge in [-0.1, -0.05) is 18.2 Å². The van der Waals surface area contributed by atoms with E-state index in [4.69, 9.17) is 4.74 Å². The Morgan fingerprint density at radius 2 is 2.20 bits per heavy atom. The van der Waals surface area contributed by atoms with Crippen LogP contribution in [0.4, 0.5) is 0 Å². The highest BCUT2D eigenvalue weighted by molar-refractivity contribution is 7.09. The molecule has 0 spiro atoms. The van der Waals surface area contributed by atoms with Crippen molar-refractivity contribution in [3.05, 3.63) is 51.5 Å². The number of thiazole rings is 1. The SMILES string of the molecule is COC(=O)c1ccccc1CNC(C)c1nc(C)cs1. The summed E-state index contributed by atoms with van der Waals surface area (Å²) in [6.45, 7) is 4.66. The van der Waals surface area contributed by atoms with Gasteiger partial charge in [0.2, 0.25) is 0 Å². The zero-order valence-electron chi connectivity index (χ0n) is 11.8. The molecule has 5 heteroatoms. The maximum Gasteiger partial charge on any atom is 0.338 e. The largest absolute Gasteiger partial charge is 0.465 e. The van der Waals surface area contributed by atoms with E-state index in [0.717, 1.165) is 16.3 Å². The lowest BCUT2D eigenvalue weighted by molar-refractivity contribution is 0.0599. The van der Waals surface area contributed by atoms with Gasteiger partial charge < -0.3 is 10.1 Å². The molecular weight excluding hydrogens is 272 g/mol. The zero-order valence-corrected chi connectivity index (χ0v) is 12.7. The van der Waals surface area contributed by atoms with Crippen LogP contribution in [0.15, 0.2) is 29.6 Å². The number of rotatable bonds is 5. The number of hydrogen-bond donors (Lipinski definition) is 1. The third kappa shape index (κ3) is 3.43. The van der Waals surface area contributed by atoms with Crippen molar-refractivity contribution < 1.29 is 9.53 Å². The third-order valence-corrected chi connectivity index (χ3v) is 4.17. The molecule has 0 saturated heterocycles. The molecule has 0 aliphatic heterocycles. The standard InChI is InChI=1S/C15H18N2O2S/c1-10-9-20-14(17-10)11(2)16-8-12-6-4-5-7-13(12)15(18)19-3/h4-7,9,11,16H,8H2,1-3H3. The number of aromatic nitrogens is 1. The van der Waals surface area contributed by atoms with E-state index in [1.54, 1.807) is 17.4 Å². The minimum atomic E-state index is -0.305. The highest BCUT2D eigenvalue weighted by atomic mass is 32.1. The lowest BCUT2D eigenvalue weighted by Gasteiger charge is -2.13. The summed E-state index contributed by atoms with van der Waals surface area (Å²) in [6, 6.07) is 7.62. The van der Waals surface area contributed by atoms with E-state index in [1.807, 2.05) is 30.5 Å². The van der Waals surface area contributed by atoms with Crippen molar-refractivity contribution in [1.29, 1.82) is 0 Å². The van der Waals surface area contributed by atoms with E-state index < -0.39 is 0 Å². The fourth-order valence-corrected chi connectivity index (χ4v) is 2.73. The molecule has 2 aromatic rings. The number of benzene rings is 1. The Kier molecular flexibility index (Phi) is 4.87. The molecule has 1 heterocycles. The molecule has 1 N–H and O–H groups in total. The van der Waals surface area contributed by atoms with Gasteiger partial charge in [0.1, 0.15) is 5.01 Å². The molecule has 0 aliphatic carbocycles. The first kappa shape index (κ1) is 14.7. The van der Waals surface area contributed by atoms with Gasteiger partial charge in [-0.2, -0.15) is 0 Å². The number of aryl methyl sites for hydroxylation is 1. The Morgan fingerprint density at radius 1 is 1.45 bits per heavy atom. The van der Waals surface area contributed by atoms with Gasteiger partial charge in [0.05, 0.1) is 18.7 Å². The summed E-state index contributed by atoms with van der Waals surface area (Å²) in [4.78, 5) is 16.2. The Morgan fingerprint density at radius 3 is 2.85 bits per heavy atom. The molecule has 1 unspecified atom stereocenters. The first-order chi connectivity index (χ1) is 9.61. The summed E-state index contributed by atoms with van der Waals surface area (Å²) in [6.07, 6.45) is 0. The van der Waals surface area contributed by atoms with Gasteiger partial charge in [0.15, 0.2) is 0 Å². The molecule has 106 valence electrons. The molecule has 1 aromatic heterocycles. The molecular formula is C15H18N2O2S. The quantitative estimate of drug-likeness (QED) is 0.860. The van der Waals surface area contributed by atoms with E-state index in [2.05, 4.69) is 17.2 Å². The predicted molar refractivity (Wildman–Crippen MR) is 79.9 cm³/mol. The van der Waals surface area contributed by atoms with Gasteiger partial charge >= 0.3 is 5.97 Å². The van der Waals surface area contributed by atoms with Crippen LogP contribution in [0.1, 0.15) is 39.6 Å². The number of nitrogens with one attached hydrogen (secondary N) is 1. The zero-order chi connectivity index (χ0) is 14.5. The Labute approximate surface area is 122 Å². The van der Waals surface area contributed by atoms with Crippen molar-refractivity contribution in [2.24, 2.45) is 0 Å². The topological polar surface area (TPSA) is 51.2 Å². The monoisotopic (exact) mass is 290 g/mol. The minimum Gasteiger partial charge on any atom is -0.465 e. The van der Waals surface area contributed by atoms with E-state index in [-0.39, 0.29) is 12.0 Å². The summed E-state index contributed by atoms with van der Waals surface area (Å²) in [7, 11) is 1.40. The van der Waals surface area contributed by atoms with Crippen LogP contribution in [-0.4, -0.2) is 18.1 Å². The van der Waals surface area contributed by atoms with Crippen molar-refractivity contribution in [2.75, 3.05) is 7.11 Å². The van der Waals surface area contributed by atoms with Gasteiger partial charge in [0, 0.05) is 17.6 Å². The smallest absolute Gasteiger partial charge is 0.338 e. The third-order valence-electron chi connectivity index (χ3n) is 3.03. The average molecular weight is 290 g/mol. The molecule has 0 saturated carbocycles. The lowest BCUT2D eigenvalue weighted by atomic mass is 10.1. The number of esters is 1. The fourth-order valence-electron chi connectivity index (χ4n) is 1.90. The molecule has 0 bridgehead atoms. The Balaban J connectivity index is 2.05. The van der Waals surface area contributed by atoms with Gasteiger partial charge in [-0.15, -0.1) is 11.3 Å². The number of ether oxygens (including phenoxy) is 1. The van der Waals surface area contributed by atoms with Crippen molar-refractivity contribution >= 4 is 17.3 Å². The molecule has 20 heavy (non-hydrogen) atoms. The highest BCUT2D eigenvalue weighted by Crippen LogP contribution is 2.18. The van der Waals surface area contributed by atoms with Crippen molar-refractivity contribution in [3.8, 4) is 0 Å². The predicted octanol–water partition coefficient (Wildman–Crippen LogP) is 3.09. The number of carbonyl (C=O) groups is 1. The number of hydrogen-bond acceptors (Lipinski definition) is 5. The molecule has 1 aromatic carbocycles. The van der Waals surface area contributed by atoms with Crippen LogP contribution in [-0.2, 0) is 11.3 Å². The normalized spacial score (nSPS) is 12.2. The fraction of sp³-hybridized carbons (Fsp3) is 0.333. The van der Waals surface area contributed by atoms with E-state index in [0.29, 0.717) is 12.1 Å². The van der Waals surface area contributed by atoms with Gasteiger partial charge in [-0.25, -0.2) is 9.78 Å². The number of methoxy groups -OCH3 is 1. The van der Waals surface area contributed by atoms with Crippen molar-refractivity contribution in [3.63, 3.8) is 0 Å². The van der Waals surface area contributed by atoms with E-state index in [9.17, 15) is 4.79 Å². The Bertz CT molecular complexity index is 595. The van der Waals surface area contributed by atoms with Crippen LogP contribution in [0.2, 0.25) is 0 Å². The molecule has 2 rings (SSSR count). The van der Waals surface area contributed by atoms with Crippen LogP contribution in [0.3, 0.4) is 0 Å². The van der Waals surface area contributed by atoms with Crippen molar-refractivity contribution in [1.82, 2.24) is 10.3 Å². The first-order valence-electron chi connectivity index (χ1n) is 6.43. The molecule has 0 aliphatic rings. The van der Waals surface area contributed by atoms with E-state index in [1.165, 1.54) is 7.11 Å². The molecule has 4 nitrogen and oxygen atoms in total. The van der Waals surface area contributed by atoms with Crippen LogP contribution in [0.25, 0.3) is 0 Å². The summed E-state index contributed by atoms with van der Waals surface area (Å²) >= 11 is 1.64. The van der Waals surface area contributed by atoms with Gasteiger partial charge in [-0.3, -0.25) is 0 Å². The van der Waals surface area contributed by atoms with Crippen molar-refractivity contribution in [2.45, 2.75) is 26.4 Å². The summed E-state index contributed by atoms with van der Waals surface area (Å²) in [5, 5.41) is 6.48. The summed E-state index contributed by atoms with van der Waals surface area (Å²) in [5.74, 6) is -0.305. The average Bonchev–Trinajstić information content (AvgIpc) is 2.91. The second-order valence-corrected chi connectivity index (χ2v) is 5.47. The van der Waals surface area contributed by atoms with Crippen LogP contribution in [0, 0.1) is 6.92 Å². The highest BCUT2D eigenvalue weighted by Gasteiger charge is 2.13. The summed E-state index contributed by atoms with van der Waals surface area (Å²) < 4.78 is 4.79.